The third kappa shape index (κ3) is 4.89. The molecule has 0 saturated carbocycles. The monoisotopic (exact) mass is 421 g/mol. The number of halogens is 3. The number of aromatic nitrogens is 2. The van der Waals surface area contributed by atoms with E-state index in [0.717, 1.165) is 12.5 Å². The van der Waals surface area contributed by atoms with Gasteiger partial charge in [-0.2, -0.15) is 13.2 Å². The highest BCUT2D eigenvalue weighted by Crippen LogP contribution is 2.34. The molecule has 9 heteroatoms. The van der Waals surface area contributed by atoms with Crippen molar-refractivity contribution in [2.24, 2.45) is 5.92 Å². The molecule has 0 aliphatic carbocycles. The molecule has 162 valence electrons. The van der Waals surface area contributed by atoms with Gasteiger partial charge in [-0.1, -0.05) is 13.8 Å². The van der Waals surface area contributed by atoms with Crippen LogP contribution in [-0.4, -0.2) is 40.9 Å². The van der Waals surface area contributed by atoms with Gasteiger partial charge in [0.25, 0.3) is 0 Å². The summed E-state index contributed by atoms with van der Waals surface area (Å²) < 4.78 is 40.8. The summed E-state index contributed by atoms with van der Waals surface area (Å²) in [6.07, 6.45) is -2.42. The Hall–Kier alpha value is -2.68. The summed E-state index contributed by atoms with van der Waals surface area (Å²) in [5.74, 6) is -0.205. The zero-order valence-electron chi connectivity index (χ0n) is 17.2. The molecule has 3 rings (SSSR count). The Morgan fingerprint density at radius 1 is 1.30 bits per heavy atom. The normalized spacial score (nSPS) is 19.9. The van der Waals surface area contributed by atoms with Gasteiger partial charge in [0.05, 0.1) is 11.1 Å². The van der Waals surface area contributed by atoms with Crippen LogP contribution >= 0.6 is 0 Å². The van der Waals surface area contributed by atoms with Gasteiger partial charge in [-0.25, -0.2) is 9.97 Å². The number of nitrogens with zero attached hydrogens (tertiary/aromatic N) is 3. The highest BCUT2D eigenvalue weighted by Gasteiger charge is 2.38. The van der Waals surface area contributed by atoms with E-state index in [0.29, 0.717) is 24.8 Å². The third-order valence-electron chi connectivity index (χ3n) is 5.02. The third-order valence-corrected chi connectivity index (χ3v) is 5.02. The van der Waals surface area contributed by atoms with E-state index < -0.39 is 23.2 Å². The largest absolute Gasteiger partial charge is 0.418 e. The van der Waals surface area contributed by atoms with Crippen molar-refractivity contribution < 1.29 is 18.0 Å². The molecule has 0 radical (unpaired) electrons. The van der Waals surface area contributed by atoms with Crippen molar-refractivity contribution in [2.45, 2.75) is 45.5 Å². The zero-order valence-corrected chi connectivity index (χ0v) is 17.2. The van der Waals surface area contributed by atoms with Crippen LogP contribution in [0.4, 0.5) is 24.8 Å². The number of piperazine rings is 1. The van der Waals surface area contributed by atoms with Crippen molar-refractivity contribution in [1.82, 2.24) is 15.3 Å². The van der Waals surface area contributed by atoms with Crippen molar-refractivity contribution in [3.8, 4) is 0 Å². The van der Waals surface area contributed by atoms with Crippen LogP contribution < -0.4 is 16.0 Å². The lowest BCUT2D eigenvalue weighted by molar-refractivity contribution is -0.138. The SMILES string of the molecule is CC(C)C[C@H]1CN(c2ccc(C(F)(F)F)c(C(=O)c3cccnc3N)n2)C[C@H](C)N1. The van der Waals surface area contributed by atoms with E-state index in [2.05, 4.69) is 29.1 Å². The van der Waals surface area contributed by atoms with Gasteiger partial charge in [0.1, 0.15) is 17.3 Å². The van der Waals surface area contributed by atoms with E-state index >= 15 is 0 Å². The Kier molecular flexibility index (Phi) is 6.30. The lowest BCUT2D eigenvalue weighted by Crippen LogP contribution is -2.56. The minimum atomic E-state index is -4.72. The van der Waals surface area contributed by atoms with Crippen molar-refractivity contribution >= 4 is 17.4 Å². The molecule has 30 heavy (non-hydrogen) atoms. The molecule has 6 nitrogen and oxygen atoms in total. The lowest BCUT2D eigenvalue weighted by atomic mass is 9.99. The van der Waals surface area contributed by atoms with Crippen LogP contribution in [0, 0.1) is 5.92 Å². The van der Waals surface area contributed by atoms with E-state index in [9.17, 15) is 18.0 Å². The summed E-state index contributed by atoms with van der Waals surface area (Å²) in [6, 6.07) is 5.38. The summed E-state index contributed by atoms with van der Waals surface area (Å²) in [6.45, 7) is 7.44. The van der Waals surface area contributed by atoms with Gasteiger partial charge in [-0.15, -0.1) is 0 Å². The van der Waals surface area contributed by atoms with E-state index in [4.69, 9.17) is 5.73 Å². The van der Waals surface area contributed by atoms with Gasteiger partial charge in [-0.3, -0.25) is 4.79 Å². The number of carbonyl (C=O) groups excluding carboxylic acids is 1. The first-order chi connectivity index (χ1) is 14.1. The number of nitrogens with one attached hydrogen (secondary N) is 1. The maximum absolute atomic E-state index is 13.6. The van der Waals surface area contributed by atoms with E-state index in [1.165, 1.54) is 24.4 Å². The number of hydrogen-bond acceptors (Lipinski definition) is 6. The van der Waals surface area contributed by atoms with E-state index in [1.807, 2.05) is 11.8 Å². The summed E-state index contributed by atoms with van der Waals surface area (Å²) in [5, 5.41) is 3.51. The summed E-state index contributed by atoms with van der Waals surface area (Å²) in [5.41, 5.74) is 3.88. The number of hydrogen-bond donors (Lipinski definition) is 2. The highest BCUT2D eigenvalue weighted by atomic mass is 19.4. The molecule has 2 atom stereocenters. The quantitative estimate of drug-likeness (QED) is 0.719. The van der Waals surface area contributed by atoms with Crippen LogP contribution in [0.5, 0.6) is 0 Å². The van der Waals surface area contributed by atoms with Crippen molar-refractivity contribution in [2.75, 3.05) is 23.7 Å². The second-order valence-corrected chi connectivity index (χ2v) is 8.13. The molecule has 2 aromatic rings. The topological polar surface area (TPSA) is 84.1 Å². The van der Waals surface area contributed by atoms with Gasteiger partial charge in [0.15, 0.2) is 0 Å². The van der Waals surface area contributed by atoms with Crippen molar-refractivity contribution in [3.05, 3.63) is 47.3 Å². The van der Waals surface area contributed by atoms with Crippen molar-refractivity contribution in [1.29, 1.82) is 0 Å². The number of nitrogens with two attached hydrogens (primary N) is 1. The first kappa shape index (κ1) is 22.0. The maximum Gasteiger partial charge on any atom is 0.418 e. The predicted octanol–water partition coefficient (Wildman–Crippen LogP) is 3.52. The minimum absolute atomic E-state index is 0.0981. The Morgan fingerprint density at radius 2 is 2.03 bits per heavy atom. The Bertz CT molecular complexity index is 914. The fourth-order valence-corrected chi connectivity index (χ4v) is 3.84. The van der Waals surface area contributed by atoms with Gasteiger partial charge < -0.3 is 16.0 Å². The Labute approximate surface area is 173 Å². The summed E-state index contributed by atoms with van der Waals surface area (Å²) >= 11 is 0. The molecule has 0 unspecified atom stereocenters. The van der Waals surface area contributed by atoms with Crippen LogP contribution in [-0.2, 0) is 6.18 Å². The first-order valence-electron chi connectivity index (χ1n) is 9.90. The number of nitrogen functional groups attached to an aromatic ring is 1. The van der Waals surface area contributed by atoms with Crippen LogP contribution in [0.2, 0.25) is 0 Å². The molecule has 1 fully saturated rings. The number of rotatable bonds is 5. The van der Waals surface area contributed by atoms with Gasteiger partial charge in [-0.05, 0) is 43.5 Å². The number of pyridine rings is 2. The molecule has 0 bridgehead atoms. The van der Waals surface area contributed by atoms with Crippen LogP contribution in [0.1, 0.15) is 48.8 Å². The van der Waals surface area contributed by atoms with Gasteiger partial charge >= 0.3 is 6.18 Å². The Balaban J connectivity index is 2.01. The average molecular weight is 421 g/mol. The molecule has 0 aromatic carbocycles. The summed E-state index contributed by atoms with van der Waals surface area (Å²) in [4.78, 5) is 22.8. The van der Waals surface area contributed by atoms with E-state index in [-0.39, 0.29) is 23.5 Å². The summed E-state index contributed by atoms with van der Waals surface area (Å²) in [7, 11) is 0. The molecule has 1 aliphatic rings. The standard InChI is InChI=1S/C21H26F3N5O/c1-12(2)9-14-11-29(10-13(3)27-14)17-7-6-16(21(22,23)24)18(28-17)19(30)15-5-4-8-26-20(15)25/h4-8,12-14,27H,9-11H2,1-3H3,(H2,25,26)/t13-,14-/m0/s1. The molecule has 0 amide bonds. The molecular weight excluding hydrogens is 395 g/mol. The number of carbonyl (C=O) groups is 1. The van der Waals surface area contributed by atoms with Crippen LogP contribution in [0.25, 0.3) is 0 Å². The second-order valence-electron chi connectivity index (χ2n) is 8.13. The van der Waals surface area contributed by atoms with E-state index in [1.54, 1.807) is 0 Å². The Morgan fingerprint density at radius 3 is 2.67 bits per heavy atom. The van der Waals surface area contributed by atoms with Crippen LogP contribution in [0.15, 0.2) is 30.5 Å². The molecule has 3 N–H and O–H groups in total. The zero-order chi connectivity index (χ0) is 22.1. The second kappa shape index (κ2) is 8.59. The molecule has 2 aromatic heterocycles. The van der Waals surface area contributed by atoms with Gasteiger partial charge in [0.2, 0.25) is 5.78 Å². The number of ketones is 1. The number of alkyl halides is 3. The molecule has 3 heterocycles. The average Bonchev–Trinajstić information content (AvgIpc) is 2.65. The molecule has 1 aliphatic heterocycles. The molecule has 0 spiro atoms. The smallest absolute Gasteiger partial charge is 0.383 e. The highest BCUT2D eigenvalue weighted by molar-refractivity contribution is 6.11. The minimum Gasteiger partial charge on any atom is -0.383 e. The molecule has 1 saturated heterocycles. The lowest BCUT2D eigenvalue weighted by Gasteiger charge is -2.39. The van der Waals surface area contributed by atoms with Crippen molar-refractivity contribution in [3.63, 3.8) is 0 Å². The predicted molar refractivity (Wildman–Crippen MR) is 109 cm³/mol. The molecular formula is C21H26F3N5O. The van der Waals surface area contributed by atoms with Crippen LogP contribution in [0.3, 0.4) is 0 Å². The fraction of sp³-hybridized carbons (Fsp3) is 0.476. The first-order valence-corrected chi connectivity index (χ1v) is 9.90. The van der Waals surface area contributed by atoms with Gasteiger partial charge in [0, 0.05) is 31.4 Å². The maximum atomic E-state index is 13.6. The fourth-order valence-electron chi connectivity index (χ4n) is 3.84. The number of anilines is 2.